The van der Waals surface area contributed by atoms with Crippen LogP contribution in [0.2, 0.25) is 0 Å². The maximum atomic E-state index is 6.02. The number of nitrogen functional groups attached to an aromatic ring is 1. The molecule has 3 N–H and O–H groups in total. The highest BCUT2D eigenvalue weighted by Crippen LogP contribution is 2.28. The fourth-order valence-corrected chi connectivity index (χ4v) is 1.90. The summed E-state index contributed by atoms with van der Waals surface area (Å²) >= 11 is 3.47. The summed E-state index contributed by atoms with van der Waals surface area (Å²) in [6.45, 7) is 4.63. The molecule has 0 saturated heterocycles. The minimum atomic E-state index is 0.415. The Hall–Kier alpha value is -1.82. The summed E-state index contributed by atoms with van der Waals surface area (Å²) in [5.74, 6) is 0.964. The summed E-state index contributed by atoms with van der Waals surface area (Å²) in [4.78, 5) is 8.20. The summed E-state index contributed by atoms with van der Waals surface area (Å²) in [6.07, 6.45) is 2.34. The standard InChI is InChI=1S/C14H17BrN4O/c1-3-6-20-14-12(16)13(17-8-18-14)19-10-4-5-11(15)9(2)7-10/h4-5,7-8H,3,6,16H2,1-2H3,(H,17,18,19). The first kappa shape index (κ1) is 14.6. The van der Waals surface area contributed by atoms with Crippen molar-refractivity contribution in [3.63, 3.8) is 0 Å². The van der Waals surface area contributed by atoms with Crippen LogP contribution in [0.3, 0.4) is 0 Å². The van der Waals surface area contributed by atoms with Crippen molar-refractivity contribution in [2.75, 3.05) is 17.7 Å². The minimum absolute atomic E-state index is 0.415. The van der Waals surface area contributed by atoms with Gasteiger partial charge in [0.05, 0.1) is 6.61 Å². The SMILES string of the molecule is CCCOc1ncnc(Nc2ccc(Br)c(C)c2)c1N. The summed E-state index contributed by atoms with van der Waals surface area (Å²) < 4.78 is 6.54. The number of hydrogen-bond donors (Lipinski definition) is 2. The van der Waals surface area contributed by atoms with Gasteiger partial charge in [0.15, 0.2) is 5.82 Å². The van der Waals surface area contributed by atoms with Gasteiger partial charge in [-0.3, -0.25) is 0 Å². The Morgan fingerprint density at radius 2 is 2.15 bits per heavy atom. The lowest BCUT2D eigenvalue weighted by molar-refractivity contribution is 0.307. The van der Waals surface area contributed by atoms with E-state index in [4.69, 9.17) is 10.5 Å². The van der Waals surface area contributed by atoms with Crippen molar-refractivity contribution < 1.29 is 4.74 Å². The van der Waals surface area contributed by atoms with Crippen LogP contribution in [0.1, 0.15) is 18.9 Å². The Morgan fingerprint density at radius 3 is 2.85 bits per heavy atom. The molecule has 0 atom stereocenters. The molecule has 0 aliphatic rings. The van der Waals surface area contributed by atoms with E-state index in [9.17, 15) is 0 Å². The van der Waals surface area contributed by atoms with Crippen LogP contribution in [-0.2, 0) is 0 Å². The van der Waals surface area contributed by atoms with Crippen LogP contribution in [-0.4, -0.2) is 16.6 Å². The van der Waals surface area contributed by atoms with Crippen molar-refractivity contribution in [1.29, 1.82) is 0 Å². The van der Waals surface area contributed by atoms with Crippen LogP contribution in [0.15, 0.2) is 29.0 Å². The van der Waals surface area contributed by atoms with Gasteiger partial charge < -0.3 is 15.8 Å². The Labute approximate surface area is 126 Å². The van der Waals surface area contributed by atoms with E-state index in [0.29, 0.717) is 24.0 Å². The van der Waals surface area contributed by atoms with Gasteiger partial charge in [-0.05, 0) is 37.1 Å². The molecule has 1 heterocycles. The normalized spacial score (nSPS) is 10.3. The first-order valence-corrected chi connectivity index (χ1v) is 7.17. The third-order valence-electron chi connectivity index (χ3n) is 2.71. The van der Waals surface area contributed by atoms with Gasteiger partial charge in [0.25, 0.3) is 0 Å². The van der Waals surface area contributed by atoms with E-state index in [1.165, 1.54) is 6.33 Å². The summed E-state index contributed by atoms with van der Waals surface area (Å²) in [5, 5.41) is 3.18. The number of hydrogen-bond acceptors (Lipinski definition) is 5. The molecular formula is C14H17BrN4O. The molecule has 0 fully saturated rings. The molecule has 0 saturated carbocycles. The molecule has 6 heteroatoms. The second kappa shape index (κ2) is 6.56. The molecule has 2 rings (SSSR count). The zero-order valence-electron chi connectivity index (χ0n) is 11.5. The first-order chi connectivity index (χ1) is 9.61. The summed E-state index contributed by atoms with van der Waals surface area (Å²) in [7, 11) is 0. The van der Waals surface area contributed by atoms with Gasteiger partial charge in [0.1, 0.15) is 12.0 Å². The first-order valence-electron chi connectivity index (χ1n) is 6.38. The molecule has 0 radical (unpaired) electrons. The molecule has 0 unspecified atom stereocenters. The second-order valence-electron chi connectivity index (χ2n) is 4.38. The lowest BCUT2D eigenvalue weighted by atomic mass is 10.2. The highest BCUT2D eigenvalue weighted by atomic mass is 79.9. The van der Waals surface area contributed by atoms with E-state index in [2.05, 4.69) is 31.2 Å². The van der Waals surface area contributed by atoms with Crippen LogP contribution >= 0.6 is 15.9 Å². The van der Waals surface area contributed by atoms with E-state index in [-0.39, 0.29) is 0 Å². The molecule has 0 amide bonds. The average Bonchev–Trinajstić information content (AvgIpc) is 2.44. The second-order valence-corrected chi connectivity index (χ2v) is 5.23. The van der Waals surface area contributed by atoms with Gasteiger partial charge in [-0.1, -0.05) is 22.9 Å². The number of rotatable bonds is 5. The highest BCUT2D eigenvalue weighted by molar-refractivity contribution is 9.10. The number of nitrogens with two attached hydrogens (primary N) is 1. The van der Waals surface area contributed by atoms with Crippen LogP contribution in [0.25, 0.3) is 0 Å². The molecule has 0 bridgehead atoms. The van der Waals surface area contributed by atoms with Crippen molar-refractivity contribution in [2.24, 2.45) is 0 Å². The Morgan fingerprint density at radius 1 is 1.35 bits per heavy atom. The van der Waals surface area contributed by atoms with Crippen LogP contribution in [0.4, 0.5) is 17.2 Å². The summed E-state index contributed by atoms with van der Waals surface area (Å²) in [5.41, 5.74) is 8.48. The molecule has 106 valence electrons. The largest absolute Gasteiger partial charge is 0.476 e. The van der Waals surface area contributed by atoms with Crippen LogP contribution < -0.4 is 15.8 Å². The third kappa shape index (κ3) is 3.39. The molecular weight excluding hydrogens is 320 g/mol. The van der Waals surface area contributed by atoms with E-state index >= 15 is 0 Å². The molecule has 0 aliphatic carbocycles. The predicted molar refractivity (Wildman–Crippen MR) is 84.4 cm³/mol. The third-order valence-corrected chi connectivity index (χ3v) is 3.60. The van der Waals surface area contributed by atoms with E-state index in [0.717, 1.165) is 22.1 Å². The number of anilines is 3. The summed E-state index contributed by atoms with van der Waals surface area (Å²) in [6, 6.07) is 5.94. The molecule has 0 aliphatic heterocycles. The van der Waals surface area contributed by atoms with Crippen molar-refractivity contribution in [1.82, 2.24) is 9.97 Å². The lowest BCUT2D eigenvalue weighted by Crippen LogP contribution is -2.06. The number of nitrogens with zero attached hydrogens (tertiary/aromatic N) is 2. The van der Waals surface area contributed by atoms with Gasteiger partial charge in [-0.25, -0.2) is 4.98 Å². The van der Waals surface area contributed by atoms with E-state index < -0.39 is 0 Å². The van der Waals surface area contributed by atoms with E-state index in [1.54, 1.807) is 0 Å². The topological polar surface area (TPSA) is 73.1 Å². The molecule has 1 aromatic carbocycles. The van der Waals surface area contributed by atoms with E-state index in [1.807, 2.05) is 32.0 Å². The van der Waals surface area contributed by atoms with Gasteiger partial charge in [-0.2, -0.15) is 4.98 Å². The molecule has 0 spiro atoms. The lowest BCUT2D eigenvalue weighted by Gasteiger charge is -2.12. The van der Waals surface area contributed by atoms with Gasteiger partial charge >= 0.3 is 0 Å². The number of aryl methyl sites for hydroxylation is 1. The fraction of sp³-hybridized carbons (Fsp3) is 0.286. The van der Waals surface area contributed by atoms with Crippen LogP contribution in [0.5, 0.6) is 5.88 Å². The number of benzene rings is 1. The number of nitrogens with one attached hydrogen (secondary N) is 1. The Kier molecular flexibility index (Phi) is 4.79. The quantitative estimate of drug-likeness (QED) is 0.871. The van der Waals surface area contributed by atoms with Gasteiger partial charge in [0.2, 0.25) is 5.88 Å². The highest BCUT2D eigenvalue weighted by Gasteiger charge is 2.09. The zero-order valence-corrected chi connectivity index (χ0v) is 13.1. The van der Waals surface area contributed by atoms with Crippen molar-refractivity contribution in [2.45, 2.75) is 20.3 Å². The molecule has 1 aromatic heterocycles. The minimum Gasteiger partial charge on any atom is -0.476 e. The molecule has 5 nitrogen and oxygen atoms in total. The molecule has 20 heavy (non-hydrogen) atoms. The van der Waals surface area contributed by atoms with Crippen molar-refractivity contribution in [3.8, 4) is 5.88 Å². The number of aromatic nitrogens is 2. The van der Waals surface area contributed by atoms with Gasteiger partial charge in [-0.15, -0.1) is 0 Å². The van der Waals surface area contributed by atoms with Gasteiger partial charge in [0, 0.05) is 10.2 Å². The zero-order chi connectivity index (χ0) is 14.5. The monoisotopic (exact) mass is 336 g/mol. The van der Waals surface area contributed by atoms with Crippen molar-refractivity contribution >= 4 is 33.1 Å². The maximum absolute atomic E-state index is 6.02. The Balaban J connectivity index is 2.22. The van der Waals surface area contributed by atoms with Crippen LogP contribution in [0, 0.1) is 6.92 Å². The number of halogens is 1. The van der Waals surface area contributed by atoms with Crippen molar-refractivity contribution in [3.05, 3.63) is 34.6 Å². The number of ether oxygens (including phenoxy) is 1. The fourth-order valence-electron chi connectivity index (χ4n) is 1.65. The average molecular weight is 337 g/mol. The smallest absolute Gasteiger partial charge is 0.242 e. The predicted octanol–water partition coefficient (Wildman–Crippen LogP) is 3.66. The molecule has 2 aromatic rings. The maximum Gasteiger partial charge on any atom is 0.242 e. The Bertz CT molecular complexity index is 604.